The van der Waals surface area contributed by atoms with Gasteiger partial charge in [0.2, 0.25) is 5.89 Å². The van der Waals surface area contributed by atoms with Crippen LogP contribution < -0.4 is 5.32 Å². The summed E-state index contributed by atoms with van der Waals surface area (Å²) in [5.74, 6) is 1.35. The number of aliphatic hydroxyl groups is 1. The minimum absolute atomic E-state index is 0.363. The molecule has 1 fully saturated rings. The monoisotopic (exact) mass is 330 g/mol. The molecule has 6 heteroatoms. The van der Waals surface area contributed by atoms with E-state index >= 15 is 0 Å². The van der Waals surface area contributed by atoms with Crippen molar-refractivity contribution in [2.75, 3.05) is 19.6 Å². The lowest BCUT2D eigenvalue weighted by atomic mass is 9.95. The predicted octanol–water partition coefficient (Wildman–Crippen LogP) is 1.84. The smallest absolute Gasteiger partial charge is 0.223 e. The number of hydrogen-bond acceptors (Lipinski definition) is 6. The van der Waals surface area contributed by atoms with Gasteiger partial charge in [0.15, 0.2) is 5.82 Å². The molecule has 24 heavy (non-hydrogen) atoms. The third-order valence-corrected chi connectivity index (χ3v) is 4.57. The second kappa shape index (κ2) is 7.42. The van der Waals surface area contributed by atoms with Gasteiger partial charge in [0.25, 0.3) is 0 Å². The number of nitrogens with zero attached hydrogens (tertiary/aromatic N) is 3. The van der Waals surface area contributed by atoms with Crippen LogP contribution in [0.2, 0.25) is 0 Å². The second-order valence-corrected chi connectivity index (χ2v) is 6.82. The maximum Gasteiger partial charge on any atom is 0.223 e. The quantitative estimate of drug-likeness (QED) is 0.842. The van der Waals surface area contributed by atoms with Gasteiger partial charge in [-0.15, -0.1) is 0 Å². The van der Waals surface area contributed by atoms with Gasteiger partial charge in [-0.3, -0.25) is 4.90 Å². The Balaban J connectivity index is 1.52. The van der Waals surface area contributed by atoms with Crippen LogP contribution in [0.5, 0.6) is 0 Å². The van der Waals surface area contributed by atoms with Crippen molar-refractivity contribution in [2.24, 2.45) is 0 Å². The first-order valence-corrected chi connectivity index (χ1v) is 8.56. The number of aromatic nitrogens is 2. The molecule has 6 nitrogen and oxygen atoms in total. The lowest BCUT2D eigenvalue weighted by Gasteiger charge is -2.34. The molecule has 0 amide bonds. The molecule has 1 saturated heterocycles. The molecule has 2 atom stereocenters. The molecule has 0 spiro atoms. The third-order valence-electron chi connectivity index (χ3n) is 4.57. The van der Waals surface area contributed by atoms with Gasteiger partial charge in [-0.05, 0) is 31.9 Å². The molecule has 1 aromatic heterocycles. The minimum atomic E-state index is -0.867. The highest BCUT2D eigenvalue weighted by atomic mass is 16.5. The van der Waals surface area contributed by atoms with Gasteiger partial charge in [0, 0.05) is 26.1 Å². The summed E-state index contributed by atoms with van der Waals surface area (Å²) in [5.41, 5.74) is 0.0707. The standard InChI is InChI=1S/C18H26N4O2/c1-14-20-17(21-24-14)12-22-10-6-9-16(11-22)19-13-18(2,23)15-7-4-3-5-8-15/h3-5,7-8,16,19,23H,6,9-13H2,1-2H3. The first kappa shape index (κ1) is 17.1. The summed E-state index contributed by atoms with van der Waals surface area (Å²) >= 11 is 0. The average Bonchev–Trinajstić information content (AvgIpc) is 2.99. The largest absolute Gasteiger partial charge is 0.384 e. The topological polar surface area (TPSA) is 74.4 Å². The van der Waals surface area contributed by atoms with Gasteiger partial charge in [-0.2, -0.15) is 4.98 Å². The van der Waals surface area contributed by atoms with E-state index in [2.05, 4.69) is 20.4 Å². The van der Waals surface area contributed by atoms with E-state index in [-0.39, 0.29) is 0 Å². The number of piperidine rings is 1. The zero-order valence-electron chi connectivity index (χ0n) is 14.4. The Morgan fingerprint density at radius 2 is 2.17 bits per heavy atom. The van der Waals surface area contributed by atoms with Crippen molar-refractivity contribution < 1.29 is 9.63 Å². The van der Waals surface area contributed by atoms with Crippen molar-refractivity contribution in [1.82, 2.24) is 20.4 Å². The molecule has 0 aliphatic carbocycles. The summed E-state index contributed by atoms with van der Waals surface area (Å²) in [6, 6.07) is 10.2. The molecule has 2 aromatic rings. The number of hydrogen-bond donors (Lipinski definition) is 2. The Bertz CT molecular complexity index is 641. The fourth-order valence-corrected chi connectivity index (χ4v) is 3.21. The van der Waals surface area contributed by atoms with Crippen LogP contribution in [0.3, 0.4) is 0 Å². The van der Waals surface area contributed by atoms with E-state index in [1.54, 1.807) is 0 Å². The van der Waals surface area contributed by atoms with Crippen LogP contribution in [-0.4, -0.2) is 45.8 Å². The van der Waals surface area contributed by atoms with Crippen LogP contribution in [0.15, 0.2) is 34.9 Å². The highest BCUT2D eigenvalue weighted by molar-refractivity contribution is 5.21. The van der Waals surface area contributed by atoms with Crippen LogP contribution in [0.25, 0.3) is 0 Å². The molecular formula is C18H26N4O2. The van der Waals surface area contributed by atoms with Crippen molar-refractivity contribution in [2.45, 2.75) is 44.9 Å². The molecule has 130 valence electrons. The molecule has 0 radical (unpaired) electrons. The van der Waals surface area contributed by atoms with Crippen molar-refractivity contribution >= 4 is 0 Å². The Labute approximate surface area is 142 Å². The Morgan fingerprint density at radius 3 is 2.88 bits per heavy atom. The molecule has 3 rings (SSSR count). The van der Waals surface area contributed by atoms with Crippen LogP contribution >= 0.6 is 0 Å². The molecule has 1 aliphatic heterocycles. The number of rotatable bonds is 6. The van der Waals surface area contributed by atoms with Gasteiger partial charge in [0.1, 0.15) is 0 Å². The fourth-order valence-electron chi connectivity index (χ4n) is 3.21. The molecule has 1 aliphatic rings. The Hall–Kier alpha value is -1.76. The summed E-state index contributed by atoms with van der Waals surface area (Å²) < 4.78 is 5.04. The van der Waals surface area contributed by atoms with Crippen molar-refractivity contribution in [3.63, 3.8) is 0 Å². The zero-order valence-corrected chi connectivity index (χ0v) is 14.4. The summed E-state index contributed by atoms with van der Waals surface area (Å²) in [6.07, 6.45) is 2.24. The molecule has 2 heterocycles. The van der Waals surface area contributed by atoms with E-state index in [9.17, 15) is 5.11 Å². The SMILES string of the molecule is Cc1nc(CN2CCCC(NCC(C)(O)c3ccccc3)C2)no1. The van der Waals surface area contributed by atoms with E-state index in [4.69, 9.17) is 4.52 Å². The van der Waals surface area contributed by atoms with Crippen LogP contribution in [0.1, 0.15) is 37.0 Å². The highest BCUT2D eigenvalue weighted by Crippen LogP contribution is 2.20. The molecule has 0 bridgehead atoms. The van der Waals surface area contributed by atoms with Gasteiger partial charge in [-0.25, -0.2) is 0 Å². The van der Waals surface area contributed by atoms with Crippen LogP contribution in [-0.2, 0) is 12.1 Å². The van der Waals surface area contributed by atoms with E-state index in [1.807, 2.05) is 44.2 Å². The van der Waals surface area contributed by atoms with Crippen LogP contribution in [0.4, 0.5) is 0 Å². The number of benzene rings is 1. The first-order valence-electron chi connectivity index (χ1n) is 8.56. The lowest BCUT2D eigenvalue weighted by molar-refractivity contribution is 0.0487. The minimum Gasteiger partial charge on any atom is -0.384 e. The normalized spacial score (nSPS) is 21.5. The third kappa shape index (κ3) is 4.41. The van der Waals surface area contributed by atoms with E-state index in [0.29, 0.717) is 25.0 Å². The molecule has 2 N–H and O–H groups in total. The summed E-state index contributed by atoms with van der Waals surface area (Å²) in [7, 11) is 0. The summed E-state index contributed by atoms with van der Waals surface area (Å²) in [4.78, 5) is 6.61. The molecule has 0 saturated carbocycles. The first-order chi connectivity index (χ1) is 11.5. The van der Waals surface area contributed by atoms with E-state index in [1.165, 1.54) is 0 Å². The highest BCUT2D eigenvalue weighted by Gasteiger charge is 2.26. The van der Waals surface area contributed by atoms with E-state index in [0.717, 1.165) is 37.3 Å². The summed E-state index contributed by atoms with van der Waals surface area (Å²) in [6.45, 7) is 6.89. The average molecular weight is 330 g/mol. The van der Waals surface area contributed by atoms with Crippen molar-refractivity contribution in [3.05, 3.63) is 47.6 Å². The van der Waals surface area contributed by atoms with E-state index < -0.39 is 5.60 Å². The maximum absolute atomic E-state index is 10.7. The molecule has 2 unspecified atom stereocenters. The van der Waals surface area contributed by atoms with Gasteiger partial charge in [0.05, 0.1) is 12.1 Å². The van der Waals surface area contributed by atoms with Gasteiger partial charge >= 0.3 is 0 Å². The second-order valence-electron chi connectivity index (χ2n) is 6.82. The fraction of sp³-hybridized carbons (Fsp3) is 0.556. The molecule has 1 aromatic carbocycles. The van der Waals surface area contributed by atoms with Crippen LogP contribution in [0, 0.1) is 6.92 Å². The zero-order chi connectivity index (χ0) is 17.0. The number of nitrogens with one attached hydrogen (secondary N) is 1. The van der Waals surface area contributed by atoms with Gasteiger partial charge in [-0.1, -0.05) is 35.5 Å². The van der Waals surface area contributed by atoms with Crippen molar-refractivity contribution in [3.8, 4) is 0 Å². The number of likely N-dealkylation sites (tertiary alicyclic amines) is 1. The summed E-state index contributed by atoms with van der Waals surface area (Å²) in [5, 5.41) is 18.2. The van der Waals surface area contributed by atoms with Gasteiger partial charge < -0.3 is 14.9 Å². The Morgan fingerprint density at radius 1 is 1.38 bits per heavy atom. The maximum atomic E-state index is 10.7. The lowest BCUT2D eigenvalue weighted by Crippen LogP contribution is -2.49. The predicted molar refractivity (Wildman–Crippen MR) is 91.3 cm³/mol. The molecular weight excluding hydrogens is 304 g/mol. The van der Waals surface area contributed by atoms with Crippen molar-refractivity contribution in [1.29, 1.82) is 0 Å². The number of aryl methyl sites for hydroxylation is 1. The Kier molecular flexibility index (Phi) is 5.28.